The van der Waals surface area contributed by atoms with E-state index in [9.17, 15) is 9.59 Å². The maximum Gasteiger partial charge on any atom is 0.332 e. The van der Waals surface area contributed by atoms with Gasteiger partial charge < -0.3 is 14.8 Å². The average molecular weight is 236 g/mol. The van der Waals surface area contributed by atoms with Gasteiger partial charge in [-0.1, -0.05) is 0 Å². The first-order chi connectivity index (χ1) is 7.10. The summed E-state index contributed by atoms with van der Waals surface area (Å²) in [5.74, 6) is -0.642. The molecule has 0 atom stereocenters. The van der Waals surface area contributed by atoms with Crippen molar-refractivity contribution in [2.75, 3.05) is 26.1 Å². The zero-order valence-corrected chi connectivity index (χ0v) is 9.47. The molecule has 0 fully saturated rings. The molecule has 0 aliphatic rings. The predicted molar refractivity (Wildman–Crippen MR) is 55.5 cm³/mol. The summed E-state index contributed by atoms with van der Waals surface area (Å²) in [5.41, 5.74) is 0.528. The van der Waals surface area contributed by atoms with E-state index in [0.29, 0.717) is 5.70 Å². The lowest BCUT2D eigenvalue weighted by Crippen LogP contribution is -2.23. The van der Waals surface area contributed by atoms with E-state index in [1.54, 1.807) is 6.92 Å². The third-order valence-electron chi connectivity index (χ3n) is 1.40. The zero-order valence-electron chi connectivity index (χ0n) is 8.71. The topological polar surface area (TPSA) is 64.6 Å². The van der Waals surface area contributed by atoms with E-state index in [0.717, 1.165) is 0 Å². The normalized spacial score (nSPS) is 10.7. The Kier molecular flexibility index (Phi) is 7.44. The highest BCUT2D eigenvalue weighted by atomic mass is 35.5. The Hall–Kier alpha value is -1.23. The van der Waals surface area contributed by atoms with Crippen LogP contribution in [0.1, 0.15) is 6.92 Å². The number of nitrogens with one attached hydrogen (secondary N) is 1. The van der Waals surface area contributed by atoms with Crippen molar-refractivity contribution in [1.82, 2.24) is 5.32 Å². The van der Waals surface area contributed by atoms with Crippen molar-refractivity contribution in [2.45, 2.75) is 6.92 Å². The van der Waals surface area contributed by atoms with E-state index < -0.39 is 11.9 Å². The molecule has 0 aliphatic heterocycles. The van der Waals surface area contributed by atoms with Crippen molar-refractivity contribution < 1.29 is 19.1 Å². The van der Waals surface area contributed by atoms with E-state index in [2.05, 4.69) is 10.1 Å². The molecule has 1 N–H and O–H groups in total. The number of ether oxygens (including phenoxy) is 2. The lowest BCUT2D eigenvalue weighted by atomic mass is 10.4. The van der Waals surface area contributed by atoms with Crippen LogP contribution in [0.25, 0.3) is 0 Å². The predicted octanol–water partition coefficient (Wildman–Crippen LogP) is 0.435. The van der Waals surface area contributed by atoms with Gasteiger partial charge in [-0.3, -0.25) is 4.79 Å². The van der Waals surface area contributed by atoms with Crippen LogP contribution in [-0.2, 0) is 19.1 Å². The molecule has 0 saturated heterocycles. The van der Waals surface area contributed by atoms with Crippen LogP contribution in [0.4, 0.5) is 0 Å². The summed E-state index contributed by atoms with van der Waals surface area (Å²) < 4.78 is 9.10. The maximum atomic E-state index is 11.0. The van der Waals surface area contributed by atoms with E-state index in [4.69, 9.17) is 16.3 Å². The number of carbonyl (C=O) groups excluding carboxylic acids is 2. The SMILES string of the molecule is COC(=O)CN/C(C)=C/C(=O)OCCCl. The Morgan fingerprint density at radius 3 is 2.67 bits per heavy atom. The van der Waals surface area contributed by atoms with E-state index in [1.165, 1.54) is 13.2 Å². The van der Waals surface area contributed by atoms with Crippen molar-refractivity contribution in [2.24, 2.45) is 0 Å². The maximum absolute atomic E-state index is 11.0. The smallest absolute Gasteiger partial charge is 0.332 e. The molecule has 86 valence electrons. The minimum Gasteiger partial charge on any atom is -0.468 e. The molecule has 0 aromatic rings. The summed E-state index contributed by atoms with van der Waals surface area (Å²) in [6.07, 6.45) is 1.25. The molecule has 0 amide bonds. The molecule has 0 aromatic carbocycles. The van der Waals surface area contributed by atoms with E-state index in [-0.39, 0.29) is 19.0 Å². The Morgan fingerprint density at radius 1 is 1.47 bits per heavy atom. The van der Waals surface area contributed by atoms with Gasteiger partial charge in [0, 0.05) is 11.8 Å². The highest BCUT2D eigenvalue weighted by Crippen LogP contribution is 1.90. The van der Waals surface area contributed by atoms with Crippen molar-refractivity contribution in [3.8, 4) is 0 Å². The third kappa shape index (κ3) is 7.81. The fourth-order valence-electron chi connectivity index (χ4n) is 0.692. The number of halogens is 1. The van der Waals surface area contributed by atoms with Gasteiger partial charge in [0.25, 0.3) is 0 Å². The molecule has 0 spiro atoms. The van der Waals surface area contributed by atoms with Crippen LogP contribution < -0.4 is 5.32 Å². The lowest BCUT2D eigenvalue weighted by Gasteiger charge is -2.04. The number of rotatable bonds is 6. The van der Waals surface area contributed by atoms with Crippen LogP contribution in [0.2, 0.25) is 0 Å². The Balaban J connectivity index is 3.86. The number of hydrogen-bond acceptors (Lipinski definition) is 5. The second-order valence-corrected chi connectivity index (χ2v) is 2.99. The minimum absolute atomic E-state index is 0.0155. The van der Waals surface area contributed by atoms with Crippen LogP contribution in [0, 0.1) is 0 Å². The fourth-order valence-corrected chi connectivity index (χ4v) is 0.770. The molecule has 6 heteroatoms. The van der Waals surface area contributed by atoms with E-state index >= 15 is 0 Å². The molecule has 5 nitrogen and oxygen atoms in total. The number of hydrogen-bond donors (Lipinski definition) is 1. The van der Waals surface area contributed by atoms with Gasteiger partial charge >= 0.3 is 11.9 Å². The number of alkyl halides is 1. The summed E-state index contributed by atoms with van der Waals surface area (Å²) in [7, 11) is 1.29. The molecule has 0 radical (unpaired) electrons. The quantitative estimate of drug-likeness (QED) is 0.411. The third-order valence-corrected chi connectivity index (χ3v) is 1.55. The highest BCUT2D eigenvalue weighted by molar-refractivity contribution is 6.18. The van der Waals surface area contributed by atoms with Gasteiger partial charge in [0.05, 0.1) is 13.0 Å². The average Bonchev–Trinajstić information content (AvgIpc) is 2.22. The first kappa shape index (κ1) is 13.8. The van der Waals surface area contributed by atoms with Gasteiger partial charge in [-0.2, -0.15) is 0 Å². The molecule has 0 rings (SSSR count). The van der Waals surface area contributed by atoms with Crippen molar-refractivity contribution in [1.29, 1.82) is 0 Å². The second kappa shape index (κ2) is 8.11. The number of allylic oxidation sites excluding steroid dienone is 1. The van der Waals surface area contributed by atoms with E-state index in [1.807, 2.05) is 0 Å². The Bertz CT molecular complexity index is 252. The monoisotopic (exact) mass is 235 g/mol. The Labute approximate surface area is 93.4 Å². The van der Waals surface area contributed by atoms with Gasteiger partial charge in [-0.05, 0) is 6.92 Å². The summed E-state index contributed by atoms with van der Waals surface area (Å²) in [6, 6.07) is 0. The Morgan fingerprint density at radius 2 is 2.13 bits per heavy atom. The van der Waals surface area contributed by atoms with Crippen LogP contribution in [0.3, 0.4) is 0 Å². The van der Waals surface area contributed by atoms with Crippen LogP contribution >= 0.6 is 11.6 Å². The van der Waals surface area contributed by atoms with Crippen LogP contribution in [0.15, 0.2) is 11.8 Å². The van der Waals surface area contributed by atoms with Gasteiger partial charge in [-0.15, -0.1) is 11.6 Å². The lowest BCUT2D eigenvalue weighted by molar-refractivity contribution is -0.140. The van der Waals surface area contributed by atoms with Crippen LogP contribution in [-0.4, -0.2) is 38.1 Å². The molecule has 0 aromatic heterocycles. The molecular weight excluding hydrogens is 222 g/mol. The zero-order chi connectivity index (χ0) is 11.7. The second-order valence-electron chi connectivity index (χ2n) is 2.61. The molecule has 0 bridgehead atoms. The highest BCUT2D eigenvalue weighted by Gasteiger charge is 2.01. The standard InChI is InChI=1S/C9H14ClNO4/c1-7(11-6-9(13)14-2)5-8(12)15-4-3-10/h5,11H,3-4,6H2,1-2H3/b7-5+. The minimum atomic E-state index is -0.495. The summed E-state index contributed by atoms with van der Waals surface area (Å²) in [6.45, 7) is 1.83. The van der Waals surface area contributed by atoms with Gasteiger partial charge in [0.15, 0.2) is 0 Å². The van der Waals surface area contributed by atoms with Crippen molar-refractivity contribution >= 4 is 23.5 Å². The molecule has 0 saturated carbocycles. The van der Waals surface area contributed by atoms with Crippen molar-refractivity contribution in [3.63, 3.8) is 0 Å². The van der Waals surface area contributed by atoms with Crippen molar-refractivity contribution in [3.05, 3.63) is 11.8 Å². The largest absolute Gasteiger partial charge is 0.468 e. The number of esters is 2. The molecular formula is C9H14ClNO4. The van der Waals surface area contributed by atoms with Gasteiger partial charge in [0.1, 0.15) is 13.2 Å². The summed E-state index contributed by atoms with van der Waals surface area (Å²) in [4.78, 5) is 21.7. The fraction of sp³-hybridized carbons (Fsp3) is 0.556. The number of methoxy groups -OCH3 is 1. The first-order valence-electron chi connectivity index (χ1n) is 4.32. The molecule has 0 heterocycles. The molecule has 0 unspecified atom stereocenters. The molecule has 0 aliphatic carbocycles. The molecule has 15 heavy (non-hydrogen) atoms. The number of carbonyl (C=O) groups is 2. The first-order valence-corrected chi connectivity index (χ1v) is 4.85. The van der Waals surface area contributed by atoms with Gasteiger partial charge in [0.2, 0.25) is 0 Å². The summed E-state index contributed by atoms with van der Waals surface area (Å²) >= 11 is 5.33. The van der Waals surface area contributed by atoms with Gasteiger partial charge in [-0.25, -0.2) is 4.79 Å². The van der Waals surface area contributed by atoms with Crippen LogP contribution in [0.5, 0.6) is 0 Å². The summed E-state index contributed by atoms with van der Waals surface area (Å²) in [5, 5.41) is 2.69.